The summed E-state index contributed by atoms with van der Waals surface area (Å²) in [6, 6.07) is 10.3. The Balaban J connectivity index is 1.77. The first-order chi connectivity index (χ1) is 8.24. The van der Waals surface area contributed by atoms with Crippen molar-refractivity contribution in [3.05, 3.63) is 48.6 Å². The summed E-state index contributed by atoms with van der Waals surface area (Å²) in [5, 5.41) is 0. The van der Waals surface area contributed by atoms with Crippen molar-refractivity contribution in [3.8, 4) is 0 Å². The van der Waals surface area contributed by atoms with Gasteiger partial charge in [0.1, 0.15) is 0 Å². The van der Waals surface area contributed by atoms with Gasteiger partial charge < -0.3 is 9.64 Å². The van der Waals surface area contributed by atoms with Crippen molar-refractivity contribution in [1.29, 1.82) is 0 Å². The minimum Gasteiger partial charge on any atom is -0.375 e. The Kier molecular flexibility index (Phi) is 3.59. The molecule has 1 fully saturated rings. The molecule has 1 saturated heterocycles. The molecular formula is C14H17NO2. The van der Waals surface area contributed by atoms with E-state index >= 15 is 0 Å². The van der Waals surface area contributed by atoms with Gasteiger partial charge in [-0.2, -0.15) is 0 Å². The van der Waals surface area contributed by atoms with E-state index in [1.165, 1.54) is 0 Å². The highest BCUT2D eigenvalue weighted by Crippen LogP contribution is 2.29. The van der Waals surface area contributed by atoms with Crippen LogP contribution in [0.5, 0.6) is 0 Å². The highest BCUT2D eigenvalue weighted by Gasteiger charge is 2.47. The minimum atomic E-state index is 0.0863. The fourth-order valence-electron chi connectivity index (χ4n) is 2.07. The molecule has 17 heavy (non-hydrogen) atoms. The summed E-state index contributed by atoms with van der Waals surface area (Å²) in [6.07, 6.45) is 1.80. The number of carbonyl (C=O) groups is 1. The lowest BCUT2D eigenvalue weighted by atomic mass is 10.2. The van der Waals surface area contributed by atoms with E-state index in [4.69, 9.17) is 4.74 Å². The minimum absolute atomic E-state index is 0.0863. The van der Waals surface area contributed by atoms with Crippen LogP contribution in [0.3, 0.4) is 0 Å². The molecule has 1 aliphatic heterocycles. The maximum Gasteiger partial charge on any atom is 0.220 e. The molecule has 1 aliphatic rings. The average Bonchev–Trinajstić information content (AvgIpc) is 3.04. The Hall–Kier alpha value is -1.61. The van der Waals surface area contributed by atoms with Crippen LogP contribution in [0.25, 0.3) is 0 Å². The van der Waals surface area contributed by atoms with Gasteiger partial charge in [0.05, 0.1) is 25.3 Å². The molecule has 2 rings (SSSR count). The van der Waals surface area contributed by atoms with Gasteiger partial charge in [0.2, 0.25) is 5.91 Å². The molecule has 1 heterocycles. The molecule has 3 nitrogen and oxygen atoms in total. The van der Waals surface area contributed by atoms with E-state index in [0.29, 0.717) is 13.2 Å². The van der Waals surface area contributed by atoms with Gasteiger partial charge in [-0.15, -0.1) is 6.58 Å². The second-order valence-electron chi connectivity index (χ2n) is 4.22. The number of hydrogen-bond acceptors (Lipinski definition) is 2. The second kappa shape index (κ2) is 5.15. The number of ether oxygens (including phenoxy) is 1. The van der Waals surface area contributed by atoms with E-state index in [1.807, 2.05) is 30.3 Å². The van der Waals surface area contributed by atoms with Crippen LogP contribution in [-0.2, 0) is 16.1 Å². The SMILES string of the molecule is C=C[C@@H]1[C@@H](COCc2ccccc2)N1C(C)=O. The van der Waals surface area contributed by atoms with Crippen LogP contribution in [0.2, 0.25) is 0 Å². The largest absolute Gasteiger partial charge is 0.375 e. The molecule has 1 aromatic rings. The van der Waals surface area contributed by atoms with E-state index in [1.54, 1.807) is 17.9 Å². The van der Waals surface area contributed by atoms with Gasteiger partial charge in [-0.05, 0) is 5.56 Å². The smallest absolute Gasteiger partial charge is 0.220 e. The first kappa shape index (κ1) is 11.9. The summed E-state index contributed by atoms with van der Waals surface area (Å²) in [7, 11) is 0. The van der Waals surface area contributed by atoms with Crippen molar-refractivity contribution in [2.45, 2.75) is 25.6 Å². The van der Waals surface area contributed by atoms with Gasteiger partial charge in [-0.1, -0.05) is 36.4 Å². The van der Waals surface area contributed by atoms with E-state index in [-0.39, 0.29) is 18.0 Å². The summed E-state index contributed by atoms with van der Waals surface area (Å²) in [4.78, 5) is 13.0. The van der Waals surface area contributed by atoms with Crippen molar-refractivity contribution in [3.63, 3.8) is 0 Å². The van der Waals surface area contributed by atoms with Gasteiger partial charge in [0.15, 0.2) is 0 Å². The molecule has 0 radical (unpaired) electrons. The van der Waals surface area contributed by atoms with Crippen molar-refractivity contribution >= 4 is 5.91 Å². The number of rotatable bonds is 5. The summed E-state index contributed by atoms with van der Waals surface area (Å²) in [6.45, 7) is 6.46. The molecule has 0 spiro atoms. The topological polar surface area (TPSA) is 29.3 Å². The Labute approximate surface area is 102 Å². The fourth-order valence-corrected chi connectivity index (χ4v) is 2.07. The van der Waals surface area contributed by atoms with Gasteiger partial charge in [-0.25, -0.2) is 0 Å². The van der Waals surface area contributed by atoms with Gasteiger partial charge in [0.25, 0.3) is 0 Å². The average molecular weight is 231 g/mol. The third kappa shape index (κ3) is 2.74. The molecule has 2 atom stereocenters. The molecule has 0 aromatic heterocycles. The molecule has 90 valence electrons. The standard InChI is InChI=1S/C14H17NO2/c1-3-13-14(15(13)11(2)16)10-17-9-12-7-5-4-6-8-12/h3-8,13-14H,1,9-10H2,2H3/t13-,14-,15?/m1/s1. The predicted molar refractivity (Wildman–Crippen MR) is 66.4 cm³/mol. The van der Waals surface area contributed by atoms with Crippen LogP contribution in [-0.4, -0.2) is 29.5 Å². The molecule has 3 heteroatoms. The zero-order valence-corrected chi connectivity index (χ0v) is 10.0. The molecule has 0 N–H and O–H groups in total. The molecule has 1 aromatic carbocycles. The lowest BCUT2D eigenvalue weighted by Gasteiger charge is -2.03. The van der Waals surface area contributed by atoms with Crippen molar-refractivity contribution in [1.82, 2.24) is 4.90 Å². The normalized spacial score (nSPS) is 22.3. The molecule has 0 bridgehead atoms. The van der Waals surface area contributed by atoms with E-state index < -0.39 is 0 Å². The van der Waals surface area contributed by atoms with Crippen LogP contribution >= 0.6 is 0 Å². The summed E-state index contributed by atoms with van der Waals surface area (Å²) < 4.78 is 5.61. The number of amides is 1. The Morgan fingerprint density at radius 1 is 1.47 bits per heavy atom. The first-order valence-electron chi connectivity index (χ1n) is 5.77. The first-order valence-corrected chi connectivity index (χ1v) is 5.77. The van der Waals surface area contributed by atoms with E-state index in [2.05, 4.69) is 6.58 Å². The zero-order chi connectivity index (χ0) is 12.3. The lowest BCUT2D eigenvalue weighted by molar-refractivity contribution is -0.124. The van der Waals surface area contributed by atoms with E-state index in [0.717, 1.165) is 5.56 Å². The quantitative estimate of drug-likeness (QED) is 0.573. The van der Waals surface area contributed by atoms with Gasteiger partial charge in [-0.3, -0.25) is 4.79 Å². The molecule has 1 amide bonds. The number of hydrogen-bond donors (Lipinski definition) is 0. The van der Waals surface area contributed by atoms with Crippen LogP contribution in [0, 0.1) is 0 Å². The van der Waals surface area contributed by atoms with Crippen molar-refractivity contribution < 1.29 is 9.53 Å². The monoisotopic (exact) mass is 231 g/mol. The van der Waals surface area contributed by atoms with Crippen molar-refractivity contribution in [2.24, 2.45) is 0 Å². The van der Waals surface area contributed by atoms with Gasteiger partial charge >= 0.3 is 0 Å². The number of nitrogens with zero attached hydrogens (tertiary/aromatic N) is 1. The molecule has 0 unspecified atom stereocenters. The predicted octanol–water partition coefficient (Wildman–Crippen LogP) is 1.99. The third-order valence-corrected chi connectivity index (χ3v) is 2.99. The Morgan fingerprint density at radius 2 is 2.18 bits per heavy atom. The lowest BCUT2D eigenvalue weighted by Crippen LogP contribution is -2.12. The van der Waals surface area contributed by atoms with Crippen molar-refractivity contribution in [2.75, 3.05) is 6.61 Å². The van der Waals surface area contributed by atoms with E-state index in [9.17, 15) is 4.79 Å². The second-order valence-corrected chi connectivity index (χ2v) is 4.22. The Morgan fingerprint density at radius 3 is 2.71 bits per heavy atom. The highest BCUT2D eigenvalue weighted by atomic mass is 16.5. The summed E-state index contributed by atoms with van der Waals surface area (Å²) >= 11 is 0. The number of carbonyl (C=O) groups excluding carboxylic acids is 1. The fraction of sp³-hybridized carbons (Fsp3) is 0.357. The van der Waals surface area contributed by atoms with Crippen LogP contribution < -0.4 is 0 Å². The molecule has 0 saturated carbocycles. The van der Waals surface area contributed by atoms with Crippen LogP contribution in [0.4, 0.5) is 0 Å². The Bertz CT molecular complexity index is 402. The van der Waals surface area contributed by atoms with Crippen LogP contribution in [0.1, 0.15) is 12.5 Å². The summed E-state index contributed by atoms with van der Waals surface area (Å²) in [5.41, 5.74) is 1.15. The third-order valence-electron chi connectivity index (χ3n) is 2.99. The molecule has 0 aliphatic carbocycles. The van der Waals surface area contributed by atoms with Crippen LogP contribution in [0.15, 0.2) is 43.0 Å². The molecular weight excluding hydrogens is 214 g/mol. The summed E-state index contributed by atoms with van der Waals surface area (Å²) in [5.74, 6) is 0.0863. The highest BCUT2D eigenvalue weighted by molar-refractivity contribution is 5.77. The maximum absolute atomic E-state index is 11.2. The number of benzene rings is 1. The van der Waals surface area contributed by atoms with Gasteiger partial charge in [0, 0.05) is 6.92 Å². The maximum atomic E-state index is 11.2. The zero-order valence-electron chi connectivity index (χ0n) is 10.0.